The van der Waals surface area contributed by atoms with E-state index in [1.54, 1.807) is 33.4 Å². The van der Waals surface area contributed by atoms with Crippen molar-refractivity contribution in [3.63, 3.8) is 0 Å². The quantitative estimate of drug-likeness (QED) is 0.593. The van der Waals surface area contributed by atoms with Crippen LogP contribution in [0.4, 0.5) is 0 Å². The molecule has 0 saturated carbocycles. The van der Waals surface area contributed by atoms with Gasteiger partial charge in [0.1, 0.15) is 0 Å². The van der Waals surface area contributed by atoms with Crippen molar-refractivity contribution in [3.8, 4) is 0 Å². The van der Waals surface area contributed by atoms with Gasteiger partial charge in [-0.25, -0.2) is 0 Å². The molecule has 0 fully saturated rings. The molecule has 0 saturated heterocycles. The number of hydrogen-bond donors (Lipinski definition) is 0. The summed E-state index contributed by atoms with van der Waals surface area (Å²) in [5.41, 5.74) is 10.4. The second-order valence-electron chi connectivity index (χ2n) is 7.04. The maximum absolute atomic E-state index is 2.48. The van der Waals surface area contributed by atoms with Crippen LogP contribution in [-0.4, -0.2) is 0 Å². The topological polar surface area (TPSA) is 0 Å². The van der Waals surface area contributed by atoms with E-state index in [1.165, 1.54) is 25.7 Å². The summed E-state index contributed by atoms with van der Waals surface area (Å²) in [7, 11) is 0. The molecule has 4 bridgehead atoms. The van der Waals surface area contributed by atoms with Gasteiger partial charge in [0.25, 0.3) is 0 Å². The van der Waals surface area contributed by atoms with Crippen LogP contribution in [0.3, 0.4) is 0 Å². The Balaban J connectivity index is 0.00000121. The molecule has 0 nitrogen and oxygen atoms in total. The van der Waals surface area contributed by atoms with Gasteiger partial charge in [-0.3, -0.25) is 0 Å². The third-order valence-corrected chi connectivity index (χ3v) is 7.77. The monoisotopic (exact) mass is 372 g/mol. The number of hydrogen-bond acceptors (Lipinski definition) is 0. The SMILES string of the molecule is CCC1=[C]2CC(C)=C1C(C)(C)C1=C(C)C[C](=C1CC)[Ti+2]2.[Cl-].[Cl-]. The van der Waals surface area contributed by atoms with Crippen LogP contribution in [0.15, 0.2) is 41.2 Å². The zero-order valence-corrected chi connectivity index (χ0v) is 17.7. The molecule has 0 aromatic rings. The first-order valence-electron chi connectivity index (χ1n) is 8.04. The fourth-order valence-electron chi connectivity index (χ4n) is 4.89. The number of halogens is 2. The molecule has 0 N–H and O–H groups in total. The van der Waals surface area contributed by atoms with Gasteiger partial charge >= 0.3 is 133 Å². The van der Waals surface area contributed by atoms with Crippen LogP contribution in [0.25, 0.3) is 0 Å². The van der Waals surface area contributed by atoms with Crippen LogP contribution in [-0.2, 0) is 19.2 Å². The Morgan fingerprint density at radius 1 is 0.818 bits per heavy atom. The third-order valence-electron chi connectivity index (χ3n) is 5.33. The molecule has 0 aromatic heterocycles. The van der Waals surface area contributed by atoms with Gasteiger partial charge in [-0.2, -0.15) is 0 Å². The van der Waals surface area contributed by atoms with Gasteiger partial charge < -0.3 is 24.8 Å². The van der Waals surface area contributed by atoms with Gasteiger partial charge in [-0.05, 0) is 0 Å². The Labute approximate surface area is 157 Å². The fourth-order valence-corrected chi connectivity index (χ4v) is 7.97. The second-order valence-corrected chi connectivity index (χ2v) is 9.31. The summed E-state index contributed by atoms with van der Waals surface area (Å²) in [5, 5.41) is 0. The summed E-state index contributed by atoms with van der Waals surface area (Å²) in [5.74, 6) is 0. The van der Waals surface area contributed by atoms with Gasteiger partial charge in [-0.1, -0.05) is 0 Å². The Morgan fingerprint density at radius 3 is 1.50 bits per heavy atom. The molecular formula is C19H26Cl2Ti. The Morgan fingerprint density at radius 2 is 1.18 bits per heavy atom. The molecular weight excluding hydrogens is 347 g/mol. The third kappa shape index (κ3) is 2.75. The van der Waals surface area contributed by atoms with E-state index in [-0.39, 0.29) is 49.4 Å². The molecule has 22 heavy (non-hydrogen) atoms. The van der Waals surface area contributed by atoms with Gasteiger partial charge in [0.2, 0.25) is 0 Å². The van der Waals surface area contributed by atoms with Crippen molar-refractivity contribution in [1.82, 2.24) is 0 Å². The average molecular weight is 373 g/mol. The van der Waals surface area contributed by atoms with Crippen molar-refractivity contribution >= 4 is 0 Å². The summed E-state index contributed by atoms with van der Waals surface area (Å²) in [6, 6.07) is 0. The van der Waals surface area contributed by atoms with E-state index in [0.29, 0.717) is 0 Å². The maximum Gasteiger partial charge on any atom is -1.00 e. The summed E-state index contributed by atoms with van der Waals surface area (Å²) >= 11 is -0.0473. The van der Waals surface area contributed by atoms with Crippen molar-refractivity contribution in [2.24, 2.45) is 5.41 Å². The molecule has 120 valence electrons. The molecule has 0 amide bonds. The van der Waals surface area contributed by atoms with Crippen LogP contribution in [0.2, 0.25) is 0 Å². The van der Waals surface area contributed by atoms with Gasteiger partial charge in [-0.15, -0.1) is 0 Å². The maximum atomic E-state index is 2.48. The molecule has 0 radical (unpaired) electrons. The van der Waals surface area contributed by atoms with Crippen LogP contribution >= 0.6 is 0 Å². The molecule has 0 aromatic carbocycles. The van der Waals surface area contributed by atoms with Crippen molar-refractivity contribution in [1.29, 1.82) is 0 Å². The number of fused-ring (bicyclic) bond motifs is 2. The predicted molar refractivity (Wildman–Crippen MR) is 83.0 cm³/mol. The van der Waals surface area contributed by atoms with Crippen LogP contribution in [0.5, 0.6) is 0 Å². The Hall–Kier alpha value is 0.254. The largest absolute Gasteiger partial charge is 1.00 e. The molecule has 2 aliphatic carbocycles. The Bertz CT molecular complexity index is 563. The molecule has 3 aliphatic rings. The minimum Gasteiger partial charge on any atom is -1.00 e. The van der Waals surface area contributed by atoms with Gasteiger partial charge in [0.15, 0.2) is 0 Å². The zero-order chi connectivity index (χ0) is 14.7. The molecule has 1 heterocycles. The standard InChI is InChI=1S/C19H26.2ClH.Ti/c1-7-15-11-9-13(3)17(15)19(5,6)18-14(4)10-12-16(18)8-2;;;/h7-10H2,1-6H3;2*1H;/q;;;+2/p-2. The van der Waals surface area contributed by atoms with Gasteiger partial charge in [0.05, 0.1) is 0 Å². The molecule has 0 atom stereocenters. The van der Waals surface area contributed by atoms with E-state index < -0.39 is 0 Å². The number of rotatable bonds is 2. The van der Waals surface area contributed by atoms with Crippen LogP contribution in [0, 0.1) is 5.41 Å². The van der Waals surface area contributed by atoms with Crippen LogP contribution in [0.1, 0.15) is 67.2 Å². The summed E-state index contributed by atoms with van der Waals surface area (Å²) in [6.07, 6.45) is 5.04. The minimum atomic E-state index is -0.0473. The minimum absolute atomic E-state index is 0. The first-order chi connectivity index (χ1) is 9.41. The molecule has 0 unspecified atom stereocenters. The molecule has 3 rings (SSSR count). The smallest absolute Gasteiger partial charge is 1.00 e. The van der Waals surface area contributed by atoms with E-state index in [0.717, 1.165) is 0 Å². The van der Waals surface area contributed by atoms with Crippen molar-refractivity contribution in [2.75, 3.05) is 0 Å². The van der Waals surface area contributed by atoms with E-state index in [1.807, 2.05) is 7.76 Å². The predicted octanol–water partition coefficient (Wildman–Crippen LogP) is -0.115. The zero-order valence-electron chi connectivity index (χ0n) is 14.6. The molecule has 0 spiro atoms. The van der Waals surface area contributed by atoms with E-state index in [2.05, 4.69) is 41.5 Å². The number of allylic oxidation sites excluding steroid dienone is 8. The first-order valence-corrected chi connectivity index (χ1v) is 9.60. The average Bonchev–Trinajstić information content (AvgIpc) is 2.87. The van der Waals surface area contributed by atoms with Crippen molar-refractivity contribution in [3.05, 3.63) is 41.2 Å². The van der Waals surface area contributed by atoms with Crippen LogP contribution < -0.4 is 24.8 Å². The van der Waals surface area contributed by atoms with Crippen molar-refractivity contribution in [2.45, 2.75) is 67.2 Å². The summed E-state index contributed by atoms with van der Waals surface area (Å²) < 4.78 is 3.70. The molecule has 3 heteroatoms. The Kier molecular flexibility index (Phi) is 6.47. The van der Waals surface area contributed by atoms with Crippen molar-refractivity contribution < 1.29 is 44.0 Å². The normalized spacial score (nSPS) is 21.9. The van der Waals surface area contributed by atoms with E-state index in [9.17, 15) is 0 Å². The second kappa shape index (κ2) is 7.02. The fraction of sp³-hybridized carbons (Fsp3) is 0.579. The van der Waals surface area contributed by atoms with E-state index >= 15 is 0 Å². The summed E-state index contributed by atoms with van der Waals surface area (Å²) in [6.45, 7) is 14.4. The molecule has 1 aliphatic heterocycles. The van der Waals surface area contributed by atoms with Gasteiger partial charge in [0, 0.05) is 0 Å². The first kappa shape index (κ1) is 20.3. The van der Waals surface area contributed by atoms with E-state index in [4.69, 9.17) is 0 Å². The summed E-state index contributed by atoms with van der Waals surface area (Å²) in [4.78, 5) is 0.